The van der Waals surface area contributed by atoms with Gasteiger partial charge in [-0.05, 0) is 18.2 Å². The second kappa shape index (κ2) is 5.25. The van der Waals surface area contributed by atoms with Gasteiger partial charge in [0.25, 0.3) is 5.56 Å². The van der Waals surface area contributed by atoms with Gasteiger partial charge in [0, 0.05) is 5.56 Å². The number of aromatic nitrogens is 2. The Labute approximate surface area is 124 Å². The van der Waals surface area contributed by atoms with E-state index in [1.807, 2.05) is 0 Å². The van der Waals surface area contributed by atoms with Gasteiger partial charge in [0.2, 0.25) is 5.78 Å². The molecule has 0 aliphatic rings. The topological polar surface area (TPSA) is 100 Å². The van der Waals surface area contributed by atoms with Crippen molar-refractivity contribution >= 4 is 22.7 Å². The molecule has 0 saturated heterocycles. The molecule has 0 atom stereocenters. The normalized spacial score (nSPS) is 10.5. The zero-order chi connectivity index (χ0) is 15.7. The Balaban J connectivity index is 2.18. The number of ketones is 1. The predicted octanol–water partition coefficient (Wildman–Crippen LogP) is 1.85. The summed E-state index contributed by atoms with van der Waals surface area (Å²) in [5, 5.41) is 9.51. The van der Waals surface area contributed by atoms with E-state index in [0.717, 1.165) is 0 Å². The summed E-state index contributed by atoms with van der Waals surface area (Å²) in [6.45, 7) is 0. The number of carboxylic acids is 1. The summed E-state index contributed by atoms with van der Waals surface area (Å²) >= 11 is 0. The third-order valence-electron chi connectivity index (χ3n) is 3.23. The van der Waals surface area contributed by atoms with Crippen LogP contribution in [0.1, 0.15) is 26.5 Å². The molecule has 0 fully saturated rings. The van der Waals surface area contributed by atoms with Crippen LogP contribution in [-0.2, 0) is 0 Å². The fourth-order valence-corrected chi connectivity index (χ4v) is 2.19. The van der Waals surface area contributed by atoms with Crippen molar-refractivity contribution in [2.24, 2.45) is 0 Å². The molecule has 0 amide bonds. The first-order chi connectivity index (χ1) is 10.6. The smallest absolute Gasteiger partial charge is 0.336 e. The lowest BCUT2D eigenvalue weighted by atomic mass is 10.0. The van der Waals surface area contributed by atoms with Crippen LogP contribution in [0.2, 0.25) is 0 Å². The number of rotatable bonds is 3. The number of para-hydroxylation sites is 1. The van der Waals surface area contributed by atoms with Crippen molar-refractivity contribution in [3.8, 4) is 0 Å². The molecule has 22 heavy (non-hydrogen) atoms. The van der Waals surface area contributed by atoms with E-state index < -0.39 is 17.3 Å². The maximum Gasteiger partial charge on any atom is 0.336 e. The lowest BCUT2D eigenvalue weighted by molar-refractivity contribution is 0.0692. The lowest BCUT2D eigenvalue weighted by Gasteiger charge is -2.05. The highest BCUT2D eigenvalue weighted by atomic mass is 16.4. The van der Waals surface area contributed by atoms with Crippen LogP contribution < -0.4 is 5.56 Å². The van der Waals surface area contributed by atoms with Crippen molar-refractivity contribution in [3.63, 3.8) is 0 Å². The van der Waals surface area contributed by atoms with Crippen molar-refractivity contribution < 1.29 is 14.7 Å². The number of H-pyrrole nitrogens is 1. The summed E-state index contributed by atoms with van der Waals surface area (Å²) in [6.07, 6.45) is 0. The zero-order valence-corrected chi connectivity index (χ0v) is 11.2. The lowest BCUT2D eigenvalue weighted by Crippen LogP contribution is -2.18. The maximum atomic E-state index is 12.5. The average molecular weight is 294 g/mol. The third kappa shape index (κ3) is 2.26. The molecule has 6 heteroatoms. The van der Waals surface area contributed by atoms with Crippen molar-refractivity contribution in [2.45, 2.75) is 0 Å². The Hall–Kier alpha value is -3.28. The van der Waals surface area contributed by atoms with Crippen LogP contribution >= 0.6 is 0 Å². The van der Waals surface area contributed by atoms with Crippen molar-refractivity contribution in [2.75, 3.05) is 0 Å². The van der Waals surface area contributed by atoms with Crippen molar-refractivity contribution in [3.05, 3.63) is 75.8 Å². The van der Waals surface area contributed by atoms with E-state index in [0.29, 0.717) is 10.9 Å². The van der Waals surface area contributed by atoms with Gasteiger partial charge in [0.15, 0.2) is 5.82 Å². The fraction of sp³-hybridized carbons (Fsp3) is 0. The molecule has 0 radical (unpaired) electrons. The minimum absolute atomic E-state index is 0.0200. The van der Waals surface area contributed by atoms with Gasteiger partial charge < -0.3 is 10.1 Å². The molecule has 0 aliphatic heterocycles. The maximum absolute atomic E-state index is 12.5. The number of aromatic amines is 1. The summed E-state index contributed by atoms with van der Waals surface area (Å²) in [5.41, 5.74) is -0.221. The van der Waals surface area contributed by atoms with E-state index in [9.17, 15) is 14.4 Å². The number of nitrogens with one attached hydrogen (secondary N) is 1. The summed E-state index contributed by atoms with van der Waals surface area (Å²) < 4.78 is 0. The van der Waals surface area contributed by atoms with E-state index in [2.05, 4.69) is 9.97 Å². The first-order valence-corrected chi connectivity index (χ1v) is 6.44. The molecule has 6 nitrogen and oxygen atoms in total. The third-order valence-corrected chi connectivity index (χ3v) is 3.23. The number of aromatic carboxylic acids is 1. The van der Waals surface area contributed by atoms with Crippen LogP contribution in [0.15, 0.2) is 53.3 Å². The number of hydrogen-bond donors (Lipinski definition) is 2. The fourth-order valence-electron chi connectivity index (χ4n) is 2.19. The van der Waals surface area contributed by atoms with Crippen LogP contribution in [0.3, 0.4) is 0 Å². The average Bonchev–Trinajstić information content (AvgIpc) is 2.54. The summed E-state index contributed by atoms with van der Waals surface area (Å²) in [5.74, 6) is -2.04. The van der Waals surface area contributed by atoms with Crippen LogP contribution in [0, 0.1) is 0 Å². The minimum Gasteiger partial charge on any atom is -0.478 e. The molecule has 3 rings (SSSR count). The highest BCUT2D eigenvalue weighted by molar-refractivity contribution is 6.12. The molecule has 0 unspecified atom stereocenters. The molecule has 0 aliphatic carbocycles. The molecule has 0 saturated carbocycles. The first kappa shape index (κ1) is 13.7. The minimum atomic E-state index is -1.22. The van der Waals surface area contributed by atoms with Gasteiger partial charge in [0.1, 0.15) is 0 Å². The Bertz CT molecular complexity index is 960. The van der Waals surface area contributed by atoms with Crippen LogP contribution in [0.25, 0.3) is 10.9 Å². The molecule has 108 valence electrons. The number of carbonyl (C=O) groups is 2. The number of benzene rings is 2. The van der Waals surface area contributed by atoms with Gasteiger partial charge in [0.05, 0.1) is 16.5 Å². The Morgan fingerprint density at radius 3 is 2.32 bits per heavy atom. The first-order valence-electron chi connectivity index (χ1n) is 6.44. The van der Waals surface area contributed by atoms with Gasteiger partial charge in [-0.1, -0.05) is 30.3 Å². The Kier molecular flexibility index (Phi) is 3.27. The SMILES string of the molecule is O=C(O)c1ccccc1C(=O)c1nc2ccccc2c(=O)[nH]1. The van der Waals surface area contributed by atoms with Crippen molar-refractivity contribution in [1.82, 2.24) is 9.97 Å². The molecule has 0 bridgehead atoms. The molecule has 2 N–H and O–H groups in total. The van der Waals surface area contributed by atoms with E-state index in [1.165, 1.54) is 18.2 Å². The number of hydrogen-bond acceptors (Lipinski definition) is 4. The zero-order valence-electron chi connectivity index (χ0n) is 11.2. The van der Waals surface area contributed by atoms with Gasteiger partial charge >= 0.3 is 5.97 Å². The summed E-state index contributed by atoms with van der Waals surface area (Å²) in [4.78, 5) is 42.2. The van der Waals surface area contributed by atoms with E-state index in [4.69, 9.17) is 5.11 Å². The molecular weight excluding hydrogens is 284 g/mol. The molecule has 3 aromatic rings. The molecule has 0 spiro atoms. The second-order valence-corrected chi connectivity index (χ2v) is 4.61. The number of nitrogens with zero attached hydrogens (tertiary/aromatic N) is 1. The quantitative estimate of drug-likeness (QED) is 0.718. The summed E-state index contributed by atoms with van der Waals surface area (Å²) in [6, 6.07) is 12.4. The molecule has 2 aromatic carbocycles. The van der Waals surface area contributed by atoms with Crippen molar-refractivity contribution in [1.29, 1.82) is 0 Å². The Morgan fingerprint density at radius 2 is 1.59 bits per heavy atom. The van der Waals surface area contributed by atoms with E-state index in [-0.39, 0.29) is 17.0 Å². The van der Waals surface area contributed by atoms with Gasteiger partial charge in [-0.25, -0.2) is 9.78 Å². The van der Waals surface area contributed by atoms with Gasteiger partial charge in [-0.15, -0.1) is 0 Å². The highest BCUT2D eigenvalue weighted by Crippen LogP contribution is 2.14. The Morgan fingerprint density at radius 1 is 0.955 bits per heavy atom. The molecule has 1 heterocycles. The highest BCUT2D eigenvalue weighted by Gasteiger charge is 2.19. The number of fused-ring (bicyclic) bond motifs is 1. The van der Waals surface area contributed by atoms with Crippen LogP contribution in [0.5, 0.6) is 0 Å². The largest absolute Gasteiger partial charge is 0.478 e. The van der Waals surface area contributed by atoms with Gasteiger partial charge in [-0.2, -0.15) is 0 Å². The van der Waals surface area contributed by atoms with E-state index >= 15 is 0 Å². The second-order valence-electron chi connectivity index (χ2n) is 4.61. The van der Waals surface area contributed by atoms with Crippen LogP contribution in [0.4, 0.5) is 0 Å². The standard InChI is InChI=1S/C16H10N2O4/c19-13(9-5-1-2-6-10(9)16(21)22)14-17-12-8-4-3-7-11(12)15(20)18-14/h1-8H,(H,21,22)(H,17,18,20). The van der Waals surface area contributed by atoms with Gasteiger partial charge in [-0.3, -0.25) is 9.59 Å². The summed E-state index contributed by atoms with van der Waals surface area (Å²) in [7, 11) is 0. The van der Waals surface area contributed by atoms with E-state index in [1.54, 1.807) is 30.3 Å². The number of carbonyl (C=O) groups excluding carboxylic acids is 1. The monoisotopic (exact) mass is 294 g/mol. The molecular formula is C16H10N2O4. The van der Waals surface area contributed by atoms with Crippen LogP contribution in [-0.4, -0.2) is 26.8 Å². The predicted molar refractivity (Wildman–Crippen MR) is 79.2 cm³/mol. The number of carboxylic acid groups (broad SMARTS) is 1. The molecule has 1 aromatic heterocycles.